The molecule has 0 aromatic heterocycles. The van der Waals surface area contributed by atoms with E-state index < -0.39 is 0 Å². The van der Waals surface area contributed by atoms with Crippen molar-refractivity contribution < 1.29 is 0 Å². The fourth-order valence-electron chi connectivity index (χ4n) is 10.1. The molecule has 10 aromatic carbocycles. The molecule has 0 spiro atoms. The Labute approximate surface area is 443 Å². The molecule has 0 fully saturated rings. The van der Waals surface area contributed by atoms with E-state index in [1.54, 1.807) is 0 Å². The molecule has 1 aliphatic rings. The number of benzene rings is 10. The van der Waals surface area contributed by atoms with Crippen LogP contribution in [-0.2, 0) is 0 Å². The van der Waals surface area contributed by atoms with Gasteiger partial charge in [-0.15, -0.1) is 0 Å². The molecule has 0 N–H and O–H groups in total. The van der Waals surface area contributed by atoms with Gasteiger partial charge in [0.2, 0.25) is 0 Å². The molecular formula is C73H58N2. The van der Waals surface area contributed by atoms with Crippen LogP contribution in [0.4, 0.5) is 22.7 Å². The molecule has 360 valence electrons. The molecule has 0 bridgehead atoms. The van der Waals surface area contributed by atoms with E-state index in [1.165, 1.54) is 72.5 Å². The maximum absolute atomic E-state index is 4.12. The largest absolute Gasteiger partial charge is 0.334 e. The third kappa shape index (κ3) is 11.0. The number of anilines is 4. The van der Waals surface area contributed by atoms with Crippen LogP contribution in [0.3, 0.4) is 0 Å². The van der Waals surface area contributed by atoms with Gasteiger partial charge in [-0.1, -0.05) is 255 Å². The van der Waals surface area contributed by atoms with Crippen LogP contribution in [0.1, 0.15) is 24.5 Å². The van der Waals surface area contributed by atoms with Crippen molar-refractivity contribution in [3.05, 3.63) is 327 Å². The van der Waals surface area contributed by atoms with E-state index >= 15 is 0 Å². The Morgan fingerprint density at radius 2 is 0.693 bits per heavy atom. The van der Waals surface area contributed by atoms with E-state index in [0.29, 0.717) is 0 Å². The number of hydrogen-bond acceptors (Lipinski definition) is 2. The predicted octanol–water partition coefficient (Wildman–Crippen LogP) is 19.9. The van der Waals surface area contributed by atoms with Crippen molar-refractivity contribution in [2.24, 2.45) is 0 Å². The van der Waals surface area contributed by atoms with E-state index in [9.17, 15) is 0 Å². The molecule has 2 nitrogen and oxygen atoms in total. The summed E-state index contributed by atoms with van der Waals surface area (Å²) in [5.74, 6) is 0. The first kappa shape index (κ1) is 47.8. The smallest absolute Gasteiger partial charge is 0.0560 e. The molecular weight excluding hydrogens is 905 g/mol. The van der Waals surface area contributed by atoms with Crippen LogP contribution < -0.4 is 9.80 Å². The lowest BCUT2D eigenvalue weighted by Crippen LogP contribution is -2.30. The van der Waals surface area contributed by atoms with Crippen molar-refractivity contribution >= 4 is 33.9 Å². The lowest BCUT2D eigenvalue weighted by Gasteiger charge is -2.33. The minimum Gasteiger partial charge on any atom is -0.334 e. The summed E-state index contributed by atoms with van der Waals surface area (Å²) in [6.45, 7) is 6.28. The number of rotatable bonds is 15. The van der Waals surface area contributed by atoms with Gasteiger partial charge in [-0.2, -0.15) is 0 Å². The normalized spacial score (nSPS) is 13.5. The Morgan fingerprint density at radius 3 is 1.04 bits per heavy atom. The van der Waals surface area contributed by atoms with Crippen molar-refractivity contribution in [2.75, 3.05) is 9.80 Å². The number of nitrogens with zero attached hydrogens (tertiary/aromatic N) is 2. The Morgan fingerprint density at radius 1 is 0.373 bits per heavy atom. The van der Waals surface area contributed by atoms with Gasteiger partial charge in [0.25, 0.3) is 0 Å². The van der Waals surface area contributed by atoms with E-state index in [1.807, 2.05) is 12.1 Å². The minimum absolute atomic E-state index is 0.173. The summed E-state index contributed by atoms with van der Waals surface area (Å²) >= 11 is 0. The van der Waals surface area contributed by atoms with Crippen LogP contribution in [0.15, 0.2) is 316 Å². The average Bonchev–Trinajstić information content (AvgIpc) is 3.49. The molecule has 0 radical (unpaired) electrons. The van der Waals surface area contributed by atoms with Crippen molar-refractivity contribution in [3.8, 4) is 55.6 Å². The third-order valence-corrected chi connectivity index (χ3v) is 14.2. The molecule has 0 amide bonds. The van der Waals surface area contributed by atoms with Gasteiger partial charge in [0.05, 0.1) is 6.04 Å². The zero-order valence-corrected chi connectivity index (χ0v) is 42.3. The lowest BCUT2D eigenvalue weighted by molar-refractivity contribution is 0.787. The maximum atomic E-state index is 4.12. The summed E-state index contributed by atoms with van der Waals surface area (Å²) < 4.78 is 0. The zero-order valence-electron chi connectivity index (χ0n) is 42.3. The molecule has 0 saturated carbocycles. The van der Waals surface area contributed by atoms with Gasteiger partial charge >= 0.3 is 0 Å². The summed E-state index contributed by atoms with van der Waals surface area (Å²) in [7, 11) is 0. The van der Waals surface area contributed by atoms with Gasteiger partial charge in [-0.25, -0.2) is 0 Å². The van der Waals surface area contributed by atoms with Gasteiger partial charge in [0.15, 0.2) is 0 Å². The zero-order chi connectivity index (χ0) is 50.8. The first-order valence-corrected chi connectivity index (χ1v) is 25.9. The van der Waals surface area contributed by atoms with Gasteiger partial charge in [0, 0.05) is 28.4 Å². The van der Waals surface area contributed by atoms with Crippen LogP contribution in [-0.4, -0.2) is 6.04 Å². The quantitative estimate of drug-likeness (QED) is 0.0945. The summed E-state index contributed by atoms with van der Waals surface area (Å²) in [5, 5.41) is 0. The molecule has 2 heteroatoms. The standard InChI is InChI=1S/C73H58N2/c1-3-55(56-16-8-4-9-17-56)25-24-54(2)74(69-44-34-64(35-45-69)57-18-10-5-11-19-57)70-46-36-67(37-47-70)62-30-26-60(27-31-62)61-28-32-63(33-29-61)68-42-52-73(53-43-68)75(71-48-38-65(39-49-71)58-20-12-6-13-21-58)72-50-40-66(41-51-72)59-22-14-7-15-23-59/h3-50,52-53,72H,1,51H2,2H3/b54-24+,55-25+. The van der Waals surface area contributed by atoms with Crippen LogP contribution >= 0.6 is 0 Å². The summed E-state index contributed by atoms with van der Waals surface area (Å²) in [5.41, 5.74) is 22.2. The van der Waals surface area contributed by atoms with E-state index in [4.69, 9.17) is 0 Å². The minimum atomic E-state index is 0.173. The topological polar surface area (TPSA) is 6.48 Å². The van der Waals surface area contributed by atoms with Crippen molar-refractivity contribution in [2.45, 2.75) is 19.4 Å². The Balaban J connectivity index is 0.804. The molecule has 0 aliphatic heterocycles. The summed E-state index contributed by atoms with van der Waals surface area (Å²) in [4.78, 5) is 4.79. The third-order valence-electron chi connectivity index (χ3n) is 14.2. The fourth-order valence-corrected chi connectivity index (χ4v) is 10.1. The lowest BCUT2D eigenvalue weighted by atomic mass is 9.95. The van der Waals surface area contributed by atoms with Crippen LogP contribution in [0.2, 0.25) is 0 Å². The number of hydrogen-bond donors (Lipinski definition) is 0. The molecule has 1 unspecified atom stereocenters. The van der Waals surface area contributed by atoms with Crippen LogP contribution in [0.25, 0.3) is 66.8 Å². The van der Waals surface area contributed by atoms with Crippen molar-refractivity contribution in [3.63, 3.8) is 0 Å². The molecule has 1 atom stereocenters. The molecule has 0 heterocycles. The molecule has 75 heavy (non-hydrogen) atoms. The van der Waals surface area contributed by atoms with Crippen molar-refractivity contribution in [1.82, 2.24) is 0 Å². The van der Waals surface area contributed by atoms with Gasteiger partial charge in [-0.05, 0) is 146 Å². The van der Waals surface area contributed by atoms with Crippen molar-refractivity contribution in [1.29, 1.82) is 0 Å². The predicted molar refractivity (Wildman–Crippen MR) is 321 cm³/mol. The molecule has 1 aliphatic carbocycles. The highest BCUT2D eigenvalue weighted by molar-refractivity contribution is 5.81. The highest BCUT2D eigenvalue weighted by Gasteiger charge is 2.21. The Kier molecular flexibility index (Phi) is 14.3. The van der Waals surface area contributed by atoms with E-state index in [2.05, 4.69) is 315 Å². The van der Waals surface area contributed by atoms with Crippen LogP contribution in [0.5, 0.6) is 0 Å². The second-order valence-electron chi connectivity index (χ2n) is 19.0. The van der Waals surface area contributed by atoms with E-state index in [0.717, 1.165) is 40.3 Å². The van der Waals surface area contributed by atoms with Gasteiger partial charge in [0.1, 0.15) is 0 Å². The SMILES string of the molecule is C=C/C(=C\C=C(/C)N(c1ccc(-c2ccccc2)cc1)c1ccc(-c2ccc(-c3ccc(-c4ccc(N(c5ccc(-c6ccccc6)cc5)C5C=CC(c6ccccc6)=CC5)cc4)cc3)cc2)cc1)c1ccccc1. The molecule has 0 saturated heterocycles. The number of allylic oxidation sites excluding steroid dienone is 7. The van der Waals surface area contributed by atoms with Crippen LogP contribution in [0, 0.1) is 0 Å². The monoisotopic (exact) mass is 962 g/mol. The second kappa shape index (κ2) is 22.5. The first-order valence-electron chi connectivity index (χ1n) is 25.9. The average molecular weight is 963 g/mol. The summed E-state index contributed by atoms with van der Waals surface area (Å²) in [6, 6.07) is 96.0. The molecule has 11 rings (SSSR count). The van der Waals surface area contributed by atoms with Gasteiger partial charge in [-0.3, -0.25) is 0 Å². The van der Waals surface area contributed by atoms with E-state index in [-0.39, 0.29) is 6.04 Å². The highest BCUT2D eigenvalue weighted by atomic mass is 15.2. The Bertz CT molecular complexity index is 3610. The second-order valence-corrected chi connectivity index (χ2v) is 19.0. The first-order chi connectivity index (χ1) is 37.0. The fraction of sp³-hybridized carbons (Fsp3) is 0.0411. The maximum Gasteiger partial charge on any atom is 0.0560 e. The summed E-state index contributed by atoms with van der Waals surface area (Å²) in [6.07, 6.45) is 14.2. The molecule has 10 aromatic rings. The van der Waals surface area contributed by atoms with Gasteiger partial charge < -0.3 is 9.80 Å². The highest BCUT2D eigenvalue weighted by Crippen LogP contribution is 2.38. The Hall–Kier alpha value is -9.50.